The largest absolute Gasteiger partial charge is 0.378 e. The Kier molecular flexibility index (Phi) is 6.97. The second-order valence-corrected chi connectivity index (χ2v) is 7.68. The fourth-order valence-corrected chi connectivity index (χ4v) is 3.62. The summed E-state index contributed by atoms with van der Waals surface area (Å²) in [6, 6.07) is 19.4. The van der Waals surface area contributed by atoms with Gasteiger partial charge in [0.2, 0.25) is 0 Å². The van der Waals surface area contributed by atoms with Crippen molar-refractivity contribution in [2.24, 2.45) is 7.05 Å². The minimum Gasteiger partial charge on any atom is -0.378 e. The van der Waals surface area contributed by atoms with E-state index in [-0.39, 0.29) is 13.0 Å². The van der Waals surface area contributed by atoms with Crippen molar-refractivity contribution < 1.29 is 19.1 Å². The minimum atomic E-state index is -1.07. The summed E-state index contributed by atoms with van der Waals surface area (Å²) in [5.41, 5.74) is 3.24. The molecule has 0 bridgehead atoms. The summed E-state index contributed by atoms with van der Waals surface area (Å²) >= 11 is 0. The van der Waals surface area contributed by atoms with Crippen LogP contribution in [0.15, 0.2) is 66.9 Å². The van der Waals surface area contributed by atoms with Gasteiger partial charge in [-0.05, 0) is 54.6 Å². The van der Waals surface area contributed by atoms with Crippen molar-refractivity contribution in [3.63, 3.8) is 0 Å². The quantitative estimate of drug-likeness (QED) is 0.414. The maximum absolute atomic E-state index is 13.3. The van der Waals surface area contributed by atoms with Gasteiger partial charge in [-0.15, -0.1) is 0 Å². The van der Waals surface area contributed by atoms with Gasteiger partial charge in [-0.25, -0.2) is 14.8 Å². The fraction of sp³-hybridized carbons (Fsp3) is 0.160. The lowest BCUT2D eigenvalue weighted by molar-refractivity contribution is -0.183. The normalized spacial score (nSPS) is 10.5. The number of halogens is 1. The van der Waals surface area contributed by atoms with Gasteiger partial charge in [0, 0.05) is 35.6 Å². The number of nitrogens with zero attached hydrogens (tertiary/aromatic N) is 5. The van der Waals surface area contributed by atoms with Gasteiger partial charge in [0.25, 0.3) is 5.91 Å². The van der Waals surface area contributed by atoms with Crippen molar-refractivity contribution in [3.8, 4) is 6.07 Å². The van der Waals surface area contributed by atoms with E-state index in [2.05, 4.69) is 26.3 Å². The molecule has 0 unspecified atom stereocenters. The molecule has 0 fully saturated rings. The van der Waals surface area contributed by atoms with Crippen LogP contribution in [0.3, 0.4) is 0 Å². The maximum Gasteiger partial charge on any atom is 0.350 e. The lowest BCUT2D eigenvalue weighted by atomic mass is 10.1. The first kappa shape index (κ1) is 23.4. The number of imidazole rings is 1. The third-order valence-electron chi connectivity index (χ3n) is 5.48. The Morgan fingerprint density at radius 1 is 1.17 bits per heavy atom. The molecule has 4 aromatic rings. The summed E-state index contributed by atoms with van der Waals surface area (Å²) in [6.45, 7) is 0.338. The Balaban J connectivity index is 1.57. The number of hydrogen-bond donors (Lipinski definition) is 1. The molecule has 176 valence electrons. The zero-order valence-corrected chi connectivity index (χ0v) is 18.8. The molecule has 1 amide bonds. The molecule has 0 spiro atoms. The Hall–Kier alpha value is -4.78. The van der Waals surface area contributed by atoms with Gasteiger partial charge in [-0.1, -0.05) is 6.07 Å². The Morgan fingerprint density at radius 2 is 1.97 bits per heavy atom. The van der Waals surface area contributed by atoms with Crippen molar-refractivity contribution in [2.45, 2.75) is 13.0 Å². The number of nitrogens with one attached hydrogen (secondary N) is 1. The number of carbonyl (C=O) groups excluding carboxylic acids is 2. The van der Waals surface area contributed by atoms with Crippen molar-refractivity contribution in [2.75, 3.05) is 16.8 Å². The number of amides is 1. The molecule has 0 aliphatic heterocycles. The van der Waals surface area contributed by atoms with E-state index in [0.29, 0.717) is 29.0 Å². The van der Waals surface area contributed by atoms with Crippen molar-refractivity contribution in [3.05, 3.63) is 83.8 Å². The second kappa shape index (κ2) is 10.4. The van der Waals surface area contributed by atoms with E-state index in [9.17, 15) is 14.1 Å². The molecule has 1 N–H and O–H groups in total. The van der Waals surface area contributed by atoms with E-state index in [1.165, 1.54) is 11.1 Å². The molecule has 0 saturated carbocycles. The number of anilines is 2. The van der Waals surface area contributed by atoms with Gasteiger partial charge in [0.05, 0.1) is 35.6 Å². The average molecular weight is 472 g/mol. The third kappa shape index (κ3) is 5.25. The van der Waals surface area contributed by atoms with E-state index >= 15 is 0 Å². The van der Waals surface area contributed by atoms with Gasteiger partial charge in [0.15, 0.2) is 0 Å². The average Bonchev–Trinajstić information content (AvgIpc) is 3.22. The van der Waals surface area contributed by atoms with Gasteiger partial charge in [-0.2, -0.15) is 5.26 Å². The molecule has 35 heavy (non-hydrogen) atoms. The molecule has 10 heteroatoms. The molecule has 2 heterocycles. The summed E-state index contributed by atoms with van der Waals surface area (Å²) < 4.78 is 14.1. The predicted octanol–water partition coefficient (Wildman–Crippen LogP) is 3.92. The van der Waals surface area contributed by atoms with Crippen molar-refractivity contribution in [1.29, 1.82) is 5.26 Å². The van der Waals surface area contributed by atoms with E-state index in [4.69, 9.17) is 5.26 Å². The van der Waals surface area contributed by atoms with Gasteiger partial charge < -0.3 is 9.88 Å². The summed E-state index contributed by atoms with van der Waals surface area (Å²) in [6.07, 6.45) is 1.20. The van der Waals surface area contributed by atoms with Crippen molar-refractivity contribution >= 4 is 34.4 Å². The number of carbonyl (C=O) groups is 2. The van der Waals surface area contributed by atoms with Gasteiger partial charge >= 0.3 is 5.97 Å². The highest BCUT2D eigenvalue weighted by atomic mass is 19.3. The summed E-state index contributed by atoms with van der Waals surface area (Å²) in [5.74, 6) is -0.391. The van der Waals surface area contributed by atoms with Crippen LogP contribution in [0.4, 0.5) is 16.0 Å². The highest BCUT2D eigenvalue weighted by molar-refractivity contribution is 6.07. The van der Waals surface area contributed by atoms with Crippen LogP contribution in [0.2, 0.25) is 0 Å². The molecule has 0 aliphatic carbocycles. The summed E-state index contributed by atoms with van der Waals surface area (Å²) in [7, 11) is 1.88. The lowest BCUT2D eigenvalue weighted by Crippen LogP contribution is -2.33. The topological polar surface area (TPSA) is 113 Å². The van der Waals surface area contributed by atoms with Crippen LogP contribution in [0.5, 0.6) is 0 Å². The van der Waals surface area contributed by atoms with Crippen LogP contribution < -0.4 is 10.2 Å². The van der Waals surface area contributed by atoms with E-state index < -0.39 is 11.9 Å². The number of aryl methyl sites for hydroxylation is 1. The molecule has 0 aliphatic rings. The molecular weight excluding hydrogens is 451 g/mol. The first-order valence-electron chi connectivity index (χ1n) is 10.7. The summed E-state index contributed by atoms with van der Waals surface area (Å²) in [5, 5.41) is 12.2. The highest BCUT2D eigenvalue weighted by Gasteiger charge is 2.21. The van der Waals surface area contributed by atoms with Crippen LogP contribution in [-0.4, -0.2) is 33.0 Å². The van der Waals surface area contributed by atoms with Crippen LogP contribution >= 0.6 is 0 Å². The molecule has 0 radical (unpaired) electrons. The molecule has 4 rings (SSSR count). The SMILES string of the molecule is Cn1c(CNc2ccc(C#N)cc2)nc2cc(C(=O)N(CCC(=O)OF)c3ccccn3)ccc21. The Labute approximate surface area is 200 Å². The number of fused-ring (bicyclic) bond motifs is 1. The number of pyridine rings is 1. The number of hydrogen-bond acceptors (Lipinski definition) is 7. The zero-order valence-electron chi connectivity index (χ0n) is 18.8. The maximum atomic E-state index is 13.3. The molecular formula is C25H21FN6O3. The van der Waals surface area contributed by atoms with E-state index in [1.807, 2.05) is 23.7 Å². The molecule has 0 atom stereocenters. The molecule has 0 saturated heterocycles. The highest BCUT2D eigenvalue weighted by Crippen LogP contribution is 2.21. The van der Waals surface area contributed by atoms with E-state index in [0.717, 1.165) is 17.0 Å². The van der Waals surface area contributed by atoms with Crippen LogP contribution in [0, 0.1) is 11.3 Å². The zero-order chi connectivity index (χ0) is 24.8. The monoisotopic (exact) mass is 472 g/mol. The Bertz CT molecular complexity index is 1400. The van der Waals surface area contributed by atoms with Crippen molar-refractivity contribution in [1.82, 2.24) is 14.5 Å². The van der Waals surface area contributed by atoms with Gasteiger partial charge in [-0.3, -0.25) is 14.6 Å². The third-order valence-corrected chi connectivity index (χ3v) is 5.48. The smallest absolute Gasteiger partial charge is 0.350 e. The first-order chi connectivity index (χ1) is 17.0. The van der Waals surface area contributed by atoms with E-state index in [1.54, 1.807) is 48.5 Å². The summed E-state index contributed by atoms with van der Waals surface area (Å²) in [4.78, 5) is 38.0. The predicted molar refractivity (Wildman–Crippen MR) is 127 cm³/mol. The fourth-order valence-electron chi connectivity index (χ4n) is 3.62. The number of aromatic nitrogens is 3. The van der Waals surface area contributed by atoms with Crippen LogP contribution in [0.1, 0.15) is 28.2 Å². The van der Waals surface area contributed by atoms with Crippen LogP contribution in [-0.2, 0) is 23.3 Å². The van der Waals surface area contributed by atoms with Gasteiger partial charge in [0.1, 0.15) is 11.6 Å². The number of nitriles is 1. The number of rotatable bonds is 8. The van der Waals surface area contributed by atoms with Crippen LogP contribution in [0.25, 0.3) is 11.0 Å². The molecule has 2 aromatic heterocycles. The second-order valence-electron chi connectivity index (χ2n) is 7.68. The Morgan fingerprint density at radius 3 is 2.66 bits per heavy atom. The first-order valence-corrected chi connectivity index (χ1v) is 10.7. The molecule has 9 nitrogen and oxygen atoms in total. The number of benzene rings is 2. The lowest BCUT2D eigenvalue weighted by Gasteiger charge is -2.21. The minimum absolute atomic E-state index is 0.0986. The standard InChI is InChI=1S/C25H21FN6O3/c1-31-21-10-7-18(25(34)32(13-11-24(33)35-26)22-4-2-3-12-28-22)14-20(21)30-23(31)16-29-19-8-5-17(15-27)6-9-19/h2-10,12,14,29H,11,13,16H2,1H3. The molecule has 2 aromatic carbocycles.